The van der Waals surface area contributed by atoms with E-state index in [2.05, 4.69) is 4.72 Å². The van der Waals surface area contributed by atoms with Crippen molar-refractivity contribution in [1.29, 1.82) is 0 Å². The van der Waals surface area contributed by atoms with Gasteiger partial charge in [0.1, 0.15) is 5.75 Å². The predicted molar refractivity (Wildman–Crippen MR) is 84.4 cm³/mol. The number of nitrogens with one attached hydrogen (secondary N) is 1. The molecule has 0 radical (unpaired) electrons. The number of hydrogen-bond donors (Lipinski definition) is 2. The highest BCUT2D eigenvalue weighted by atomic mass is 35.5. The number of sulfonamides is 1. The van der Waals surface area contributed by atoms with Gasteiger partial charge in [0.15, 0.2) is 0 Å². The summed E-state index contributed by atoms with van der Waals surface area (Å²) < 4.78 is 32.6. The number of nitrogens with two attached hydrogens (primary N) is 1. The minimum atomic E-state index is -3.79. The SMILES string of the molecule is COc1ccc(N)cc1NS(=O)(=O)c1cccc(Cl)c1C. The standard InChI is InChI=1S/C14H15ClN2O3S/c1-9-11(15)4-3-5-14(9)21(18,19)17-12-8-10(16)6-7-13(12)20-2/h3-8,17H,16H2,1-2H3. The van der Waals surface area contributed by atoms with Gasteiger partial charge in [-0.15, -0.1) is 0 Å². The molecule has 0 saturated carbocycles. The lowest BCUT2D eigenvalue weighted by molar-refractivity contribution is 0.417. The Bertz CT molecular complexity index is 776. The molecule has 0 amide bonds. The molecule has 0 aliphatic heterocycles. The van der Waals surface area contributed by atoms with E-state index in [0.717, 1.165) is 0 Å². The summed E-state index contributed by atoms with van der Waals surface area (Å²) >= 11 is 5.97. The van der Waals surface area contributed by atoms with E-state index in [-0.39, 0.29) is 10.6 Å². The van der Waals surface area contributed by atoms with Crippen LogP contribution >= 0.6 is 11.6 Å². The van der Waals surface area contributed by atoms with Gasteiger partial charge < -0.3 is 10.5 Å². The Morgan fingerprint density at radius 2 is 1.95 bits per heavy atom. The molecule has 0 saturated heterocycles. The average molecular weight is 327 g/mol. The third-order valence-corrected chi connectivity index (χ3v) is 4.89. The average Bonchev–Trinajstić information content (AvgIpc) is 2.41. The highest BCUT2D eigenvalue weighted by molar-refractivity contribution is 7.92. The molecule has 0 bridgehead atoms. The van der Waals surface area contributed by atoms with E-state index in [1.807, 2.05) is 0 Å². The van der Waals surface area contributed by atoms with E-state index in [1.54, 1.807) is 31.2 Å². The molecule has 0 atom stereocenters. The van der Waals surface area contributed by atoms with Crippen LogP contribution in [0.25, 0.3) is 0 Å². The summed E-state index contributed by atoms with van der Waals surface area (Å²) in [6, 6.07) is 9.43. The predicted octanol–water partition coefficient (Wildman–Crippen LogP) is 3.04. The van der Waals surface area contributed by atoms with Crippen molar-refractivity contribution in [3.05, 3.63) is 47.0 Å². The Balaban J connectivity index is 2.47. The monoisotopic (exact) mass is 326 g/mol. The molecule has 0 aliphatic rings. The number of nitrogen functional groups attached to an aromatic ring is 1. The number of hydrogen-bond acceptors (Lipinski definition) is 4. The fraction of sp³-hybridized carbons (Fsp3) is 0.143. The second kappa shape index (κ2) is 5.83. The van der Waals surface area contributed by atoms with Crippen LogP contribution in [0.4, 0.5) is 11.4 Å². The highest BCUT2D eigenvalue weighted by Gasteiger charge is 2.20. The number of methoxy groups -OCH3 is 1. The maximum atomic E-state index is 12.5. The summed E-state index contributed by atoms with van der Waals surface area (Å²) in [6.07, 6.45) is 0. The normalized spacial score (nSPS) is 11.2. The summed E-state index contributed by atoms with van der Waals surface area (Å²) in [5.74, 6) is 0.382. The van der Waals surface area contributed by atoms with Crippen molar-refractivity contribution in [3.63, 3.8) is 0 Å². The van der Waals surface area contributed by atoms with Gasteiger partial charge in [0.05, 0.1) is 17.7 Å². The summed E-state index contributed by atoms with van der Waals surface area (Å²) in [7, 11) is -2.33. The highest BCUT2D eigenvalue weighted by Crippen LogP contribution is 2.30. The zero-order chi connectivity index (χ0) is 15.6. The first-order valence-electron chi connectivity index (χ1n) is 6.06. The fourth-order valence-electron chi connectivity index (χ4n) is 1.88. The van der Waals surface area contributed by atoms with Crippen molar-refractivity contribution >= 4 is 33.0 Å². The Hall–Kier alpha value is -1.92. The Labute approximate surface area is 128 Å². The van der Waals surface area contributed by atoms with E-state index in [4.69, 9.17) is 22.1 Å². The molecule has 0 heterocycles. The van der Waals surface area contributed by atoms with Gasteiger partial charge in [-0.05, 0) is 42.8 Å². The zero-order valence-electron chi connectivity index (χ0n) is 11.6. The van der Waals surface area contributed by atoms with Crippen LogP contribution in [-0.2, 0) is 10.0 Å². The molecule has 2 aromatic rings. The quantitative estimate of drug-likeness (QED) is 0.846. The molecule has 0 aromatic heterocycles. The number of rotatable bonds is 4. The number of halogens is 1. The van der Waals surface area contributed by atoms with Gasteiger partial charge in [0, 0.05) is 10.7 Å². The maximum absolute atomic E-state index is 12.5. The minimum Gasteiger partial charge on any atom is -0.495 e. The number of benzene rings is 2. The smallest absolute Gasteiger partial charge is 0.262 e. The number of anilines is 2. The molecule has 112 valence electrons. The van der Waals surface area contributed by atoms with E-state index in [1.165, 1.54) is 19.2 Å². The van der Waals surface area contributed by atoms with Crippen LogP contribution in [0.15, 0.2) is 41.3 Å². The van der Waals surface area contributed by atoms with Gasteiger partial charge >= 0.3 is 0 Å². The third kappa shape index (κ3) is 3.22. The largest absolute Gasteiger partial charge is 0.495 e. The molecule has 21 heavy (non-hydrogen) atoms. The molecular formula is C14H15ClN2O3S. The van der Waals surface area contributed by atoms with Crippen molar-refractivity contribution in [1.82, 2.24) is 0 Å². The van der Waals surface area contributed by atoms with E-state index in [9.17, 15) is 8.42 Å². The second-order valence-corrected chi connectivity index (χ2v) is 6.49. The summed E-state index contributed by atoms with van der Waals surface area (Å²) in [6.45, 7) is 1.65. The first-order valence-corrected chi connectivity index (χ1v) is 7.92. The molecule has 5 nitrogen and oxygen atoms in total. The first-order chi connectivity index (χ1) is 9.85. The lowest BCUT2D eigenvalue weighted by Crippen LogP contribution is -2.15. The molecular weight excluding hydrogens is 312 g/mol. The third-order valence-electron chi connectivity index (χ3n) is 2.98. The van der Waals surface area contributed by atoms with Crippen molar-refractivity contribution in [2.24, 2.45) is 0 Å². The van der Waals surface area contributed by atoms with Gasteiger partial charge in [-0.25, -0.2) is 8.42 Å². The second-order valence-electron chi connectivity index (χ2n) is 4.43. The topological polar surface area (TPSA) is 81.4 Å². The van der Waals surface area contributed by atoms with E-state index < -0.39 is 10.0 Å². The molecule has 2 aromatic carbocycles. The molecule has 0 spiro atoms. The first kappa shape index (κ1) is 15.5. The molecule has 0 unspecified atom stereocenters. The van der Waals surface area contributed by atoms with Gasteiger partial charge in [-0.3, -0.25) is 4.72 Å². The van der Waals surface area contributed by atoms with E-state index >= 15 is 0 Å². The molecule has 0 aliphatic carbocycles. The Kier molecular flexibility index (Phi) is 4.29. The van der Waals surface area contributed by atoms with Crippen LogP contribution in [0.5, 0.6) is 5.75 Å². The van der Waals surface area contributed by atoms with Crippen LogP contribution in [0.3, 0.4) is 0 Å². The van der Waals surface area contributed by atoms with Crippen LogP contribution in [0, 0.1) is 6.92 Å². The van der Waals surface area contributed by atoms with Crippen molar-refractivity contribution in [2.75, 3.05) is 17.6 Å². The maximum Gasteiger partial charge on any atom is 0.262 e. The van der Waals surface area contributed by atoms with Crippen LogP contribution in [-0.4, -0.2) is 15.5 Å². The van der Waals surface area contributed by atoms with Crippen molar-refractivity contribution < 1.29 is 13.2 Å². The summed E-state index contributed by atoms with van der Waals surface area (Å²) in [4.78, 5) is 0.111. The Morgan fingerprint density at radius 1 is 1.24 bits per heavy atom. The fourth-order valence-corrected chi connectivity index (χ4v) is 3.44. The molecule has 0 fully saturated rings. The summed E-state index contributed by atoms with van der Waals surface area (Å²) in [5.41, 5.74) is 6.87. The van der Waals surface area contributed by atoms with Crippen LogP contribution < -0.4 is 15.2 Å². The molecule has 7 heteroatoms. The van der Waals surface area contributed by atoms with Crippen molar-refractivity contribution in [3.8, 4) is 5.75 Å². The number of ether oxygens (including phenoxy) is 1. The lowest BCUT2D eigenvalue weighted by Gasteiger charge is -2.14. The van der Waals surface area contributed by atoms with Gasteiger partial charge in [0.25, 0.3) is 10.0 Å². The van der Waals surface area contributed by atoms with Crippen LogP contribution in [0.1, 0.15) is 5.56 Å². The molecule has 3 N–H and O–H groups in total. The minimum absolute atomic E-state index is 0.111. The van der Waals surface area contributed by atoms with Gasteiger partial charge in [0.2, 0.25) is 0 Å². The lowest BCUT2D eigenvalue weighted by atomic mass is 10.2. The van der Waals surface area contributed by atoms with Gasteiger partial charge in [-0.2, -0.15) is 0 Å². The van der Waals surface area contributed by atoms with Crippen molar-refractivity contribution in [2.45, 2.75) is 11.8 Å². The van der Waals surface area contributed by atoms with E-state index in [0.29, 0.717) is 22.0 Å². The van der Waals surface area contributed by atoms with Gasteiger partial charge in [-0.1, -0.05) is 17.7 Å². The molecule has 2 rings (SSSR count). The Morgan fingerprint density at radius 3 is 2.62 bits per heavy atom. The summed E-state index contributed by atoms with van der Waals surface area (Å²) in [5, 5.41) is 0.386. The zero-order valence-corrected chi connectivity index (χ0v) is 13.1. The van der Waals surface area contributed by atoms with Crippen LogP contribution in [0.2, 0.25) is 5.02 Å².